The summed E-state index contributed by atoms with van der Waals surface area (Å²) in [5.41, 5.74) is 3.52. The number of aromatic nitrogens is 3. The van der Waals surface area contributed by atoms with Crippen LogP contribution >= 0.6 is 0 Å². The smallest absolute Gasteiger partial charge is 0.191 e. The molecule has 0 amide bonds. The molecule has 6 heteroatoms. The van der Waals surface area contributed by atoms with Gasteiger partial charge in [-0.15, -0.1) is 10.2 Å². The van der Waals surface area contributed by atoms with Gasteiger partial charge in [-0.25, -0.2) is 0 Å². The first-order chi connectivity index (χ1) is 15.8. The van der Waals surface area contributed by atoms with Crippen molar-refractivity contribution < 1.29 is 0 Å². The van der Waals surface area contributed by atoms with Crippen molar-refractivity contribution in [2.75, 3.05) is 19.6 Å². The Morgan fingerprint density at radius 2 is 1.56 bits per heavy atom. The van der Waals surface area contributed by atoms with E-state index in [2.05, 4.69) is 88.4 Å². The van der Waals surface area contributed by atoms with E-state index in [0.29, 0.717) is 5.92 Å². The zero-order valence-corrected chi connectivity index (χ0v) is 18.5. The van der Waals surface area contributed by atoms with Crippen LogP contribution in [0.1, 0.15) is 36.2 Å². The third-order valence-corrected chi connectivity index (χ3v) is 5.46. The van der Waals surface area contributed by atoms with Gasteiger partial charge in [0.1, 0.15) is 5.82 Å². The fraction of sp³-hybridized carbons (Fsp3) is 0.269. The molecule has 0 saturated heterocycles. The van der Waals surface area contributed by atoms with E-state index in [9.17, 15) is 0 Å². The Bertz CT molecular complexity index is 1080. The Balaban J connectivity index is 1.38. The summed E-state index contributed by atoms with van der Waals surface area (Å²) in [5.74, 6) is 2.10. The highest BCUT2D eigenvalue weighted by Crippen LogP contribution is 2.27. The van der Waals surface area contributed by atoms with Crippen LogP contribution < -0.4 is 10.6 Å². The number of fused-ring (bicyclic) bond motifs is 1. The Labute approximate surface area is 189 Å². The quantitative estimate of drug-likeness (QED) is 0.313. The highest BCUT2D eigenvalue weighted by molar-refractivity contribution is 5.79. The van der Waals surface area contributed by atoms with Gasteiger partial charge in [0.2, 0.25) is 0 Å². The molecule has 0 atom stereocenters. The van der Waals surface area contributed by atoms with Gasteiger partial charge in [-0.05, 0) is 36.6 Å². The summed E-state index contributed by atoms with van der Waals surface area (Å²) in [5, 5.41) is 15.3. The summed E-state index contributed by atoms with van der Waals surface area (Å²) in [6.07, 6.45) is 3.71. The predicted octanol–water partition coefficient (Wildman–Crippen LogP) is 4.05. The monoisotopic (exact) mass is 426 g/mol. The lowest BCUT2D eigenvalue weighted by Crippen LogP contribution is -2.38. The van der Waals surface area contributed by atoms with Crippen molar-refractivity contribution in [3.8, 4) is 0 Å². The molecule has 2 aromatic carbocycles. The lowest BCUT2D eigenvalue weighted by Gasteiger charge is -2.18. The van der Waals surface area contributed by atoms with Crippen LogP contribution in [0.3, 0.4) is 0 Å². The van der Waals surface area contributed by atoms with Gasteiger partial charge in [0, 0.05) is 38.2 Å². The minimum Gasteiger partial charge on any atom is -0.357 e. The Morgan fingerprint density at radius 3 is 2.25 bits per heavy atom. The summed E-state index contributed by atoms with van der Waals surface area (Å²) in [6, 6.07) is 27.3. The van der Waals surface area contributed by atoms with E-state index in [1.54, 1.807) is 0 Å². The van der Waals surface area contributed by atoms with E-state index in [4.69, 9.17) is 4.99 Å². The van der Waals surface area contributed by atoms with Crippen molar-refractivity contribution in [1.82, 2.24) is 25.2 Å². The van der Waals surface area contributed by atoms with Crippen molar-refractivity contribution >= 4 is 11.6 Å². The minimum atomic E-state index is 0.325. The molecule has 0 radical (unpaired) electrons. The summed E-state index contributed by atoms with van der Waals surface area (Å²) < 4.78 is 2.02. The Morgan fingerprint density at radius 1 is 0.875 bits per heavy atom. The number of pyridine rings is 1. The van der Waals surface area contributed by atoms with Crippen LogP contribution in [-0.4, -0.2) is 40.2 Å². The molecular weight excluding hydrogens is 396 g/mol. The molecule has 164 valence electrons. The van der Waals surface area contributed by atoms with Crippen LogP contribution in [0.4, 0.5) is 0 Å². The van der Waals surface area contributed by atoms with E-state index >= 15 is 0 Å². The maximum atomic E-state index is 4.84. The van der Waals surface area contributed by atoms with Gasteiger partial charge >= 0.3 is 0 Å². The van der Waals surface area contributed by atoms with Crippen molar-refractivity contribution in [3.05, 3.63) is 102 Å². The molecule has 2 aromatic heterocycles. The number of hydrogen-bond acceptors (Lipinski definition) is 3. The number of benzene rings is 2. The molecule has 2 heterocycles. The van der Waals surface area contributed by atoms with Crippen molar-refractivity contribution in [1.29, 1.82) is 0 Å². The van der Waals surface area contributed by atoms with Gasteiger partial charge < -0.3 is 10.6 Å². The first-order valence-corrected chi connectivity index (χ1v) is 11.3. The third kappa shape index (κ3) is 5.52. The lowest BCUT2D eigenvalue weighted by molar-refractivity contribution is 0.711. The van der Waals surface area contributed by atoms with Gasteiger partial charge in [-0.2, -0.15) is 0 Å². The fourth-order valence-electron chi connectivity index (χ4n) is 3.90. The molecule has 6 nitrogen and oxygen atoms in total. The van der Waals surface area contributed by atoms with Gasteiger partial charge in [-0.1, -0.05) is 66.7 Å². The maximum Gasteiger partial charge on any atom is 0.191 e. The van der Waals surface area contributed by atoms with Crippen molar-refractivity contribution in [2.24, 2.45) is 4.99 Å². The summed E-state index contributed by atoms with van der Waals surface area (Å²) in [6.45, 7) is 4.38. The highest BCUT2D eigenvalue weighted by atomic mass is 15.2. The molecule has 0 aliphatic carbocycles. The van der Waals surface area contributed by atoms with E-state index in [1.165, 1.54) is 11.1 Å². The second kappa shape index (κ2) is 11.1. The number of nitrogens with one attached hydrogen (secondary N) is 2. The predicted molar refractivity (Wildman–Crippen MR) is 130 cm³/mol. The van der Waals surface area contributed by atoms with Crippen molar-refractivity contribution in [2.45, 2.75) is 25.7 Å². The molecule has 0 saturated carbocycles. The van der Waals surface area contributed by atoms with Crippen LogP contribution in [-0.2, 0) is 6.42 Å². The molecule has 4 aromatic rings. The fourth-order valence-corrected chi connectivity index (χ4v) is 3.90. The summed E-state index contributed by atoms with van der Waals surface area (Å²) in [7, 11) is 0. The zero-order valence-electron chi connectivity index (χ0n) is 18.5. The molecule has 0 bridgehead atoms. The van der Waals surface area contributed by atoms with Crippen LogP contribution in [0.5, 0.6) is 0 Å². The number of aliphatic imine (C=N–C) groups is 1. The molecule has 0 fully saturated rings. The Hall–Kier alpha value is -3.67. The van der Waals surface area contributed by atoms with Crippen molar-refractivity contribution in [3.63, 3.8) is 0 Å². The molecule has 4 rings (SSSR count). The van der Waals surface area contributed by atoms with Gasteiger partial charge in [-0.3, -0.25) is 9.39 Å². The number of guanidine groups is 1. The molecule has 0 aliphatic heterocycles. The first kappa shape index (κ1) is 21.6. The second-order valence-corrected chi connectivity index (χ2v) is 7.65. The highest BCUT2D eigenvalue weighted by Gasteiger charge is 2.13. The normalized spacial score (nSPS) is 11.8. The van der Waals surface area contributed by atoms with E-state index < -0.39 is 0 Å². The third-order valence-electron chi connectivity index (χ3n) is 5.46. The average Bonchev–Trinajstić information content (AvgIpc) is 3.26. The summed E-state index contributed by atoms with van der Waals surface area (Å²) >= 11 is 0. The maximum absolute atomic E-state index is 4.84. The number of nitrogens with zero attached hydrogens (tertiary/aromatic N) is 4. The van der Waals surface area contributed by atoms with E-state index in [1.807, 2.05) is 28.8 Å². The summed E-state index contributed by atoms with van der Waals surface area (Å²) in [4.78, 5) is 4.84. The SMILES string of the molecule is CCNC(=NCCC(c1ccccc1)c1ccccc1)NCCc1nnc2ccccn12. The van der Waals surface area contributed by atoms with Gasteiger partial charge in [0.15, 0.2) is 11.6 Å². The van der Waals surface area contributed by atoms with Crippen LogP contribution in [0.2, 0.25) is 0 Å². The van der Waals surface area contributed by atoms with E-state index in [-0.39, 0.29) is 0 Å². The molecule has 0 unspecified atom stereocenters. The van der Waals surface area contributed by atoms with Gasteiger partial charge in [0.25, 0.3) is 0 Å². The molecule has 32 heavy (non-hydrogen) atoms. The molecule has 0 spiro atoms. The average molecular weight is 427 g/mol. The van der Waals surface area contributed by atoms with Gasteiger partial charge in [0.05, 0.1) is 0 Å². The second-order valence-electron chi connectivity index (χ2n) is 7.65. The van der Waals surface area contributed by atoms with Crippen LogP contribution in [0, 0.1) is 0 Å². The first-order valence-electron chi connectivity index (χ1n) is 11.3. The number of rotatable bonds is 9. The molecule has 0 aliphatic rings. The van der Waals surface area contributed by atoms with E-state index in [0.717, 1.165) is 49.9 Å². The number of hydrogen-bond donors (Lipinski definition) is 2. The lowest BCUT2D eigenvalue weighted by atomic mass is 9.89. The Kier molecular flexibility index (Phi) is 7.47. The largest absolute Gasteiger partial charge is 0.357 e. The molecular formula is C26H30N6. The topological polar surface area (TPSA) is 66.6 Å². The standard InChI is InChI=1S/C26H30N6/c1-2-27-26(29-19-17-25-31-30-24-15-9-10-20-32(24)25)28-18-16-23(21-11-5-3-6-12-21)22-13-7-4-8-14-22/h3-15,20,23H,2,16-19H2,1H3,(H2,27,28,29). The van der Waals surface area contributed by atoms with Crippen LogP contribution in [0.25, 0.3) is 5.65 Å². The molecule has 2 N–H and O–H groups in total. The van der Waals surface area contributed by atoms with Crippen LogP contribution in [0.15, 0.2) is 90.1 Å². The minimum absolute atomic E-state index is 0.325. The zero-order chi connectivity index (χ0) is 22.0.